The third-order valence-electron chi connectivity index (χ3n) is 2.79. The molecule has 0 unspecified atom stereocenters. The van der Waals surface area contributed by atoms with E-state index in [0.29, 0.717) is 11.7 Å². The zero-order valence-corrected chi connectivity index (χ0v) is 13.7. The second-order valence-corrected chi connectivity index (χ2v) is 7.33. The van der Waals surface area contributed by atoms with Gasteiger partial charge in [0.05, 0.1) is 4.90 Å². The second kappa shape index (κ2) is 6.78. The van der Waals surface area contributed by atoms with E-state index in [1.54, 1.807) is 23.9 Å². The molecule has 0 saturated carbocycles. The van der Waals surface area contributed by atoms with Gasteiger partial charge in [-0.2, -0.15) is 0 Å². The average molecular weight is 347 g/mol. The van der Waals surface area contributed by atoms with Crippen molar-refractivity contribution in [3.8, 4) is 11.4 Å². The molecule has 0 aliphatic heterocycles. The van der Waals surface area contributed by atoms with Crippen LogP contribution < -0.4 is 5.14 Å². The molecular formula is C12H15ClN4O2S2. The lowest BCUT2D eigenvalue weighted by molar-refractivity contribution is 0.598. The number of nitrogens with two attached hydrogens (primary N) is 1. The molecule has 2 rings (SSSR count). The molecule has 1 aromatic heterocycles. The number of benzene rings is 1. The Balaban J connectivity index is 2.23. The molecule has 6 nitrogen and oxygen atoms in total. The topological polar surface area (TPSA) is 90.9 Å². The van der Waals surface area contributed by atoms with Gasteiger partial charge in [0.2, 0.25) is 10.0 Å². The predicted molar refractivity (Wildman–Crippen MR) is 83.9 cm³/mol. The summed E-state index contributed by atoms with van der Waals surface area (Å²) in [4.78, 5) is 0.0742. The lowest BCUT2D eigenvalue weighted by Gasteiger charge is -2.04. The Morgan fingerprint density at radius 2 is 1.95 bits per heavy atom. The van der Waals surface area contributed by atoms with Crippen molar-refractivity contribution in [3.05, 3.63) is 24.3 Å². The van der Waals surface area contributed by atoms with E-state index in [2.05, 4.69) is 10.2 Å². The maximum absolute atomic E-state index is 11.2. The minimum absolute atomic E-state index is 0.0742. The molecule has 1 aromatic carbocycles. The van der Waals surface area contributed by atoms with Crippen molar-refractivity contribution in [2.24, 2.45) is 12.2 Å². The lowest BCUT2D eigenvalue weighted by Crippen LogP contribution is -2.11. The number of aromatic nitrogens is 3. The van der Waals surface area contributed by atoms with Crippen LogP contribution in [0.5, 0.6) is 0 Å². The highest BCUT2D eigenvalue weighted by atomic mass is 35.5. The number of alkyl halides is 1. The maximum Gasteiger partial charge on any atom is 0.238 e. The molecule has 0 bridgehead atoms. The van der Waals surface area contributed by atoms with Gasteiger partial charge < -0.3 is 4.57 Å². The first-order valence-corrected chi connectivity index (χ1v) is 9.21. The number of hydrogen-bond donors (Lipinski definition) is 1. The van der Waals surface area contributed by atoms with E-state index < -0.39 is 10.0 Å². The van der Waals surface area contributed by atoms with E-state index in [-0.39, 0.29) is 4.90 Å². The largest absolute Gasteiger partial charge is 0.305 e. The van der Waals surface area contributed by atoms with Gasteiger partial charge in [-0.1, -0.05) is 11.8 Å². The maximum atomic E-state index is 11.2. The van der Waals surface area contributed by atoms with E-state index >= 15 is 0 Å². The molecule has 0 fully saturated rings. The molecular weight excluding hydrogens is 332 g/mol. The first kappa shape index (κ1) is 16.3. The Morgan fingerprint density at radius 1 is 1.29 bits per heavy atom. The predicted octanol–water partition coefficient (Wildman–Crippen LogP) is 1.85. The standard InChI is InChI=1S/C12H15ClN4O2S2/c1-17-11(15-16-12(17)20-8-2-7-13)9-3-5-10(6-4-9)21(14,18)19/h3-6H,2,7-8H2,1H3,(H2,14,18,19). The number of hydrogen-bond acceptors (Lipinski definition) is 5. The Hall–Kier alpha value is -1.09. The van der Waals surface area contributed by atoms with Gasteiger partial charge in [0, 0.05) is 24.2 Å². The van der Waals surface area contributed by atoms with Crippen LogP contribution in [-0.2, 0) is 17.1 Å². The number of rotatable bonds is 6. The van der Waals surface area contributed by atoms with Crippen LogP contribution in [0.2, 0.25) is 0 Å². The molecule has 9 heteroatoms. The second-order valence-electron chi connectivity index (χ2n) is 4.33. The molecule has 0 atom stereocenters. The third kappa shape index (κ3) is 3.97. The Labute approximate surface area is 132 Å². The molecule has 21 heavy (non-hydrogen) atoms. The molecule has 0 aliphatic carbocycles. The van der Waals surface area contributed by atoms with Gasteiger partial charge in [0.15, 0.2) is 11.0 Å². The summed E-state index contributed by atoms with van der Waals surface area (Å²) in [5.41, 5.74) is 0.779. The Bertz CT molecular complexity index is 713. The van der Waals surface area contributed by atoms with Gasteiger partial charge >= 0.3 is 0 Å². The van der Waals surface area contributed by atoms with Gasteiger partial charge in [-0.05, 0) is 30.7 Å². The minimum atomic E-state index is -3.68. The highest BCUT2D eigenvalue weighted by Crippen LogP contribution is 2.23. The molecule has 0 saturated heterocycles. The molecule has 0 radical (unpaired) electrons. The van der Waals surface area contributed by atoms with Crippen LogP contribution in [0.15, 0.2) is 34.3 Å². The quantitative estimate of drug-likeness (QED) is 0.489. The fourth-order valence-electron chi connectivity index (χ4n) is 1.70. The van der Waals surface area contributed by atoms with Crippen molar-refractivity contribution < 1.29 is 8.42 Å². The van der Waals surface area contributed by atoms with E-state index in [9.17, 15) is 8.42 Å². The van der Waals surface area contributed by atoms with Crippen molar-refractivity contribution in [2.75, 3.05) is 11.6 Å². The lowest BCUT2D eigenvalue weighted by atomic mass is 10.2. The van der Waals surface area contributed by atoms with Crippen LogP contribution >= 0.6 is 23.4 Å². The summed E-state index contributed by atoms with van der Waals surface area (Å²) in [7, 11) is -1.81. The van der Waals surface area contributed by atoms with Crippen molar-refractivity contribution in [3.63, 3.8) is 0 Å². The third-order valence-corrected chi connectivity index (χ3v) is 5.09. The summed E-state index contributed by atoms with van der Waals surface area (Å²) < 4.78 is 24.3. The van der Waals surface area contributed by atoms with Crippen LogP contribution in [-0.4, -0.2) is 34.8 Å². The summed E-state index contributed by atoms with van der Waals surface area (Å²) in [5, 5.41) is 14.1. The highest BCUT2D eigenvalue weighted by Gasteiger charge is 2.13. The van der Waals surface area contributed by atoms with Gasteiger partial charge in [-0.3, -0.25) is 0 Å². The molecule has 0 spiro atoms. The summed E-state index contributed by atoms with van der Waals surface area (Å²) in [6.45, 7) is 0. The summed E-state index contributed by atoms with van der Waals surface area (Å²) in [6, 6.07) is 6.24. The smallest absolute Gasteiger partial charge is 0.238 e. The number of primary sulfonamides is 1. The summed E-state index contributed by atoms with van der Waals surface area (Å²) in [6.07, 6.45) is 0.900. The van der Waals surface area contributed by atoms with Crippen molar-refractivity contribution in [1.29, 1.82) is 0 Å². The van der Waals surface area contributed by atoms with E-state index in [4.69, 9.17) is 16.7 Å². The molecule has 2 aromatic rings. The number of thioether (sulfide) groups is 1. The molecule has 0 amide bonds. The average Bonchev–Trinajstić information content (AvgIpc) is 2.80. The zero-order chi connectivity index (χ0) is 15.5. The van der Waals surface area contributed by atoms with Crippen LogP contribution in [0.4, 0.5) is 0 Å². The zero-order valence-electron chi connectivity index (χ0n) is 11.4. The van der Waals surface area contributed by atoms with Crippen LogP contribution in [0.3, 0.4) is 0 Å². The van der Waals surface area contributed by atoms with Crippen LogP contribution in [0, 0.1) is 0 Å². The van der Waals surface area contributed by atoms with Gasteiger partial charge in [-0.25, -0.2) is 13.6 Å². The molecule has 0 aliphatic rings. The van der Waals surface area contributed by atoms with E-state index in [0.717, 1.165) is 22.9 Å². The van der Waals surface area contributed by atoms with Crippen molar-refractivity contribution in [2.45, 2.75) is 16.5 Å². The highest BCUT2D eigenvalue weighted by molar-refractivity contribution is 7.99. The number of halogens is 1. The number of sulfonamides is 1. The Kier molecular flexibility index (Phi) is 5.26. The molecule has 1 heterocycles. The summed E-state index contributed by atoms with van der Waals surface area (Å²) in [5.74, 6) is 2.16. The number of nitrogens with zero attached hydrogens (tertiary/aromatic N) is 3. The van der Waals surface area contributed by atoms with Crippen molar-refractivity contribution >= 4 is 33.4 Å². The first-order valence-electron chi connectivity index (χ1n) is 6.15. The van der Waals surface area contributed by atoms with Gasteiger partial charge in [0.1, 0.15) is 0 Å². The fourth-order valence-corrected chi connectivity index (χ4v) is 3.36. The molecule has 2 N–H and O–H groups in total. The van der Waals surface area contributed by atoms with E-state index in [1.165, 1.54) is 12.1 Å². The van der Waals surface area contributed by atoms with Crippen LogP contribution in [0.25, 0.3) is 11.4 Å². The normalized spacial score (nSPS) is 11.8. The van der Waals surface area contributed by atoms with Crippen LogP contribution in [0.1, 0.15) is 6.42 Å². The fraction of sp³-hybridized carbons (Fsp3) is 0.333. The van der Waals surface area contributed by atoms with Gasteiger partial charge in [-0.15, -0.1) is 21.8 Å². The monoisotopic (exact) mass is 346 g/mol. The summed E-state index contributed by atoms with van der Waals surface area (Å²) >= 11 is 7.23. The first-order chi connectivity index (χ1) is 9.93. The minimum Gasteiger partial charge on any atom is -0.305 e. The van der Waals surface area contributed by atoms with Crippen molar-refractivity contribution in [1.82, 2.24) is 14.8 Å². The SMILES string of the molecule is Cn1c(SCCCCl)nnc1-c1ccc(S(N)(=O)=O)cc1. The van der Waals surface area contributed by atoms with Gasteiger partial charge in [0.25, 0.3) is 0 Å². The Morgan fingerprint density at radius 3 is 2.52 bits per heavy atom. The molecule has 114 valence electrons. The van der Waals surface area contributed by atoms with E-state index in [1.807, 2.05) is 11.6 Å².